The fourth-order valence-corrected chi connectivity index (χ4v) is 4.35. The van der Waals surface area contributed by atoms with E-state index < -0.39 is 0 Å². The number of carbonyl (C=O) groups excluding carboxylic acids is 2. The van der Waals surface area contributed by atoms with Crippen molar-refractivity contribution in [2.75, 3.05) is 30.3 Å². The maximum absolute atomic E-state index is 12.3. The summed E-state index contributed by atoms with van der Waals surface area (Å²) in [6, 6.07) is 2.00. The van der Waals surface area contributed by atoms with E-state index in [0.29, 0.717) is 31.7 Å². The first kappa shape index (κ1) is 18.2. The van der Waals surface area contributed by atoms with Crippen molar-refractivity contribution in [1.82, 2.24) is 10.3 Å². The number of aromatic nitrogens is 1. The molecule has 1 atom stereocenters. The van der Waals surface area contributed by atoms with Gasteiger partial charge in [0.25, 0.3) is 0 Å². The number of ether oxygens (including phenoxy) is 1. The van der Waals surface area contributed by atoms with Crippen LogP contribution >= 0.6 is 11.8 Å². The lowest BCUT2D eigenvalue weighted by Crippen LogP contribution is -2.38. The van der Waals surface area contributed by atoms with E-state index in [2.05, 4.69) is 10.3 Å². The van der Waals surface area contributed by atoms with E-state index in [1.165, 1.54) is 11.8 Å². The van der Waals surface area contributed by atoms with Gasteiger partial charge in [-0.25, -0.2) is 4.98 Å². The molecule has 0 radical (unpaired) electrons. The third-order valence-corrected chi connectivity index (χ3v) is 5.47. The molecule has 2 aliphatic rings. The van der Waals surface area contributed by atoms with Crippen molar-refractivity contribution in [2.45, 2.75) is 50.7 Å². The van der Waals surface area contributed by atoms with Crippen LogP contribution in [-0.2, 0) is 14.3 Å². The summed E-state index contributed by atoms with van der Waals surface area (Å²) in [5.41, 5.74) is 2.93. The Morgan fingerprint density at radius 2 is 2.32 bits per heavy atom. The number of fused-ring (bicyclic) bond motifs is 1. The molecular formula is C18H25N3O3S. The van der Waals surface area contributed by atoms with Gasteiger partial charge in [0.15, 0.2) is 0 Å². The first-order valence-electron chi connectivity index (χ1n) is 8.84. The van der Waals surface area contributed by atoms with Crippen LogP contribution in [0.3, 0.4) is 0 Å². The minimum atomic E-state index is 0.0216. The summed E-state index contributed by atoms with van der Waals surface area (Å²) in [4.78, 5) is 30.7. The second kappa shape index (κ2) is 8.19. The summed E-state index contributed by atoms with van der Waals surface area (Å²) in [5, 5.41) is 3.84. The molecule has 2 aliphatic heterocycles. The number of carbonyl (C=O) groups is 2. The normalized spacial score (nSPS) is 19.8. The van der Waals surface area contributed by atoms with Crippen molar-refractivity contribution in [3.63, 3.8) is 0 Å². The summed E-state index contributed by atoms with van der Waals surface area (Å²) in [5.74, 6) is 0.521. The minimum absolute atomic E-state index is 0.0216. The first-order valence-corrected chi connectivity index (χ1v) is 9.83. The van der Waals surface area contributed by atoms with Crippen molar-refractivity contribution in [3.8, 4) is 0 Å². The molecule has 136 valence electrons. The summed E-state index contributed by atoms with van der Waals surface area (Å²) < 4.78 is 5.50. The van der Waals surface area contributed by atoms with Gasteiger partial charge in [-0.15, -0.1) is 0 Å². The molecule has 0 saturated carbocycles. The Hall–Kier alpha value is -1.60. The smallest absolute Gasteiger partial charge is 0.237 e. The van der Waals surface area contributed by atoms with E-state index in [9.17, 15) is 9.59 Å². The molecule has 0 aliphatic carbocycles. The Labute approximate surface area is 152 Å². The molecule has 3 heterocycles. The molecule has 1 fully saturated rings. The number of nitrogens with one attached hydrogen (secondary N) is 1. The number of pyridine rings is 1. The second-order valence-electron chi connectivity index (χ2n) is 6.61. The van der Waals surface area contributed by atoms with E-state index in [4.69, 9.17) is 4.74 Å². The van der Waals surface area contributed by atoms with Gasteiger partial charge in [0, 0.05) is 31.8 Å². The first-order chi connectivity index (χ1) is 12.0. The van der Waals surface area contributed by atoms with Crippen LogP contribution in [0.25, 0.3) is 0 Å². The van der Waals surface area contributed by atoms with Crippen LogP contribution in [-0.4, -0.2) is 48.4 Å². The zero-order chi connectivity index (χ0) is 17.8. The molecule has 2 amide bonds. The summed E-state index contributed by atoms with van der Waals surface area (Å²) in [6.07, 6.45) is 3.30. The highest BCUT2D eigenvalue weighted by Crippen LogP contribution is 2.36. The van der Waals surface area contributed by atoms with Gasteiger partial charge >= 0.3 is 0 Å². The van der Waals surface area contributed by atoms with Gasteiger partial charge < -0.3 is 15.0 Å². The molecule has 0 spiro atoms. The lowest BCUT2D eigenvalue weighted by Gasteiger charge is -2.30. The number of thioether (sulfide) groups is 1. The molecular weight excluding hydrogens is 338 g/mol. The molecule has 1 aromatic rings. The fraction of sp³-hybridized carbons (Fsp3) is 0.611. The van der Waals surface area contributed by atoms with E-state index in [0.717, 1.165) is 41.4 Å². The Bertz CT molecular complexity index is 659. The summed E-state index contributed by atoms with van der Waals surface area (Å²) in [6.45, 7) is 5.90. The standard InChI is InChI=1S/C18H25N3O3S/c1-12-9-13(2)20-18-17(12)21(16(23)11-25-18)7-3-6-15(22)19-10-14-5-4-8-24-14/h9,14H,3-8,10-11H2,1-2H3,(H,19,22). The molecule has 0 aromatic carbocycles. The van der Waals surface area contributed by atoms with Crippen LogP contribution in [0.1, 0.15) is 36.9 Å². The quantitative estimate of drug-likeness (QED) is 0.839. The predicted molar refractivity (Wildman–Crippen MR) is 98.0 cm³/mol. The second-order valence-corrected chi connectivity index (χ2v) is 7.58. The predicted octanol–water partition coefficient (Wildman–Crippen LogP) is 2.21. The van der Waals surface area contributed by atoms with Crippen LogP contribution in [0.15, 0.2) is 11.1 Å². The highest BCUT2D eigenvalue weighted by molar-refractivity contribution is 8.00. The Kier molecular flexibility index (Phi) is 5.96. The third kappa shape index (κ3) is 4.52. The highest BCUT2D eigenvalue weighted by Gasteiger charge is 2.27. The van der Waals surface area contributed by atoms with E-state index in [-0.39, 0.29) is 17.9 Å². The van der Waals surface area contributed by atoms with Gasteiger partial charge in [-0.05, 0) is 44.7 Å². The van der Waals surface area contributed by atoms with E-state index in [1.807, 2.05) is 19.9 Å². The molecule has 1 unspecified atom stereocenters. The monoisotopic (exact) mass is 363 g/mol. The van der Waals surface area contributed by atoms with Gasteiger partial charge in [-0.1, -0.05) is 11.8 Å². The van der Waals surface area contributed by atoms with Gasteiger partial charge in [-0.3, -0.25) is 9.59 Å². The number of nitrogens with zero attached hydrogens (tertiary/aromatic N) is 2. The molecule has 25 heavy (non-hydrogen) atoms. The average Bonchev–Trinajstić information content (AvgIpc) is 3.08. The van der Waals surface area contributed by atoms with Gasteiger partial charge in [0.1, 0.15) is 5.03 Å². The van der Waals surface area contributed by atoms with Crippen LogP contribution in [0.2, 0.25) is 0 Å². The average molecular weight is 363 g/mol. The molecule has 1 aromatic heterocycles. The van der Waals surface area contributed by atoms with Crippen molar-refractivity contribution in [1.29, 1.82) is 0 Å². The molecule has 6 nitrogen and oxygen atoms in total. The molecule has 1 N–H and O–H groups in total. The van der Waals surface area contributed by atoms with E-state index in [1.54, 1.807) is 4.90 Å². The summed E-state index contributed by atoms with van der Waals surface area (Å²) in [7, 11) is 0. The minimum Gasteiger partial charge on any atom is -0.376 e. The van der Waals surface area contributed by atoms with Gasteiger partial charge in [0.05, 0.1) is 17.5 Å². The molecule has 3 rings (SSSR count). The van der Waals surface area contributed by atoms with Crippen molar-refractivity contribution >= 4 is 29.3 Å². The molecule has 7 heteroatoms. The Morgan fingerprint density at radius 3 is 3.08 bits per heavy atom. The van der Waals surface area contributed by atoms with Crippen molar-refractivity contribution in [2.24, 2.45) is 0 Å². The van der Waals surface area contributed by atoms with Crippen molar-refractivity contribution in [3.05, 3.63) is 17.3 Å². The van der Waals surface area contributed by atoms with Crippen molar-refractivity contribution < 1.29 is 14.3 Å². The zero-order valence-corrected chi connectivity index (χ0v) is 15.7. The molecule has 1 saturated heterocycles. The number of rotatable bonds is 6. The van der Waals surface area contributed by atoms with Gasteiger partial charge in [0.2, 0.25) is 11.8 Å². The summed E-state index contributed by atoms with van der Waals surface area (Å²) >= 11 is 1.50. The third-order valence-electron chi connectivity index (χ3n) is 4.52. The van der Waals surface area contributed by atoms with Gasteiger partial charge in [-0.2, -0.15) is 0 Å². The SMILES string of the molecule is Cc1cc(C)c2c(n1)SCC(=O)N2CCCC(=O)NCC1CCCO1. The maximum Gasteiger partial charge on any atom is 0.237 e. The van der Waals surface area contributed by atoms with Crippen LogP contribution in [0.4, 0.5) is 5.69 Å². The number of aryl methyl sites for hydroxylation is 2. The lowest BCUT2D eigenvalue weighted by atomic mass is 10.1. The van der Waals surface area contributed by atoms with Crippen LogP contribution in [0.5, 0.6) is 0 Å². The number of anilines is 1. The van der Waals surface area contributed by atoms with Crippen LogP contribution in [0, 0.1) is 13.8 Å². The fourth-order valence-electron chi connectivity index (χ4n) is 3.31. The Balaban J connectivity index is 1.52. The zero-order valence-electron chi connectivity index (χ0n) is 14.8. The van der Waals surface area contributed by atoms with Crippen LogP contribution < -0.4 is 10.2 Å². The lowest BCUT2D eigenvalue weighted by molar-refractivity contribution is -0.122. The number of amides is 2. The Morgan fingerprint density at radius 1 is 1.48 bits per heavy atom. The largest absolute Gasteiger partial charge is 0.376 e. The maximum atomic E-state index is 12.3. The molecule has 0 bridgehead atoms. The highest BCUT2D eigenvalue weighted by atomic mass is 32.2. The number of hydrogen-bond acceptors (Lipinski definition) is 5. The topological polar surface area (TPSA) is 71.5 Å². The number of hydrogen-bond donors (Lipinski definition) is 1. The van der Waals surface area contributed by atoms with E-state index >= 15 is 0 Å².